The first-order chi connectivity index (χ1) is 3.39. The molecule has 0 nitrogen and oxygen atoms in total. The van der Waals surface area contributed by atoms with Gasteiger partial charge >= 0.3 is 18.9 Å². The van der Waals surface area contributed by atoms with Crippen molar-refractivity contribution in [2.75, 3.05) is 0 Å². The fraction of sp³-hybridized carbons (Fsp3) is 0. The quantitative estimate of drug-likeness (QED) is 0.454. The zero-order chi connectivity index (χ0) is 5.11. The van der Waals surface area contributed by atoms with Crippen molar-refractivity contribution in [3.05, 3.63) is 35.4 Å². The van der Waals surface area contributed by atoms with Crippen LogP contribution in [0.15, 0.2) is 24.3 Å². The zero-order valence-electron chi connectivity index (χ0n) is 3.69. The van der Waals surface area contributed by atoms with E-state index in [0.29, 0.717) is 0 Å². The Labute approximate surface area is 66.0 Å². The van der Waals surface area contributed by atoms with Crippen LogP contribution in [0.1, 0.15) is 0 Å². The van der Waals surface area contributed by atoms with E-state index in [1.807, 2.05) is 0 Å². The Morgan fingerprint density at radius 2 is 1.75 bits per heavy atom. The molecule has 0 aliphatic carbocycles. The van der Waals surface area contributed by atoms with Gasteiger partial charge in [0.25, 0.3) is 0 Å². The molecule has 0 aliphatic rings. The molecule has 0 N–H and O–H groups in total. The summed E-state index contributed by atoms with van der Waals surface area (Å²) < 4.78 is 0. The first kappa shape index (κ1) is 8.11. The predicted octanol–water partition coefficient (Wildman–Crippen LogP) is 1.49. The van der Waals surface area contributed by atoms with Gasteiger partial charge in [0.1, 0.15) is 0 Å². The van der Waals surface area contributed by atoms with E-state index in [9.17, 15) is 0 Å². The van der Waals surface area contributed by atoms with E-state index in [1.165, 1.54) is 0 Å². The van der Waals surface area contributed by atoms with E-state index in [1.54, 1.807) is 24.3 Å². The monoisotopic (exact) mass is 119 g/mol. The molecule has 1 radical (unpaired) electrons. The summed E-state index contributed by atoms with van der Waals surface area (Å²) in [6.07, 6.45) is 0. The summed E-state index contributed by atoms with van der Waals surface area (Å²) in [5.41, 5.74) is 0. The molecule has 1 aromatic carbocycles. The molecule has 0 heterocycles. The van der Waals surface area contributed by atoms with Gasteiger partial charge in [0.15, 0.2) is 0 Å². The van der Waals surface area contributed by atoms with Crippen molar-refractivity contribution in [1.29, 1.82) is 0 Å². The van der Waals surface area contributed by atoms with Crippen LogP contribution in [0.5, 0.6) is 0 Å². The standard InChI is InChI=1S/C6H4Cl.Li.H/c7-6-4-2-1-3-5-6;;/h2-5H;;. The van der Waals surface area contributed by atoms with Crippen LogP contribution in [-0.2, 0) is 0 Å². The summed E-state index contributed by atoms with van der Waals surface area (Å²) >= 11 is 5.52. The first-order valence-corrected chi connectivity index (χ1v) is 2.39. The molecule has 1 aromatic rings. The van der Waals surface area contributed by atoms with E-state index >= 15 is 0 Å². The van der Waals surface area contributed by atoms with Crippen molar-refractivity contribution in [2.45, 2.75) is 0 Å². The molecule has 0 amide bonds. The van der Waals surface area contributed by atoms with Gasteiger partial charge in [0.05, 0.1) is 0 Å². The van der Waals surface area contributed by atoms with Crippen molar-refractivity contribution >= 4 is 30.5 Å². The fourth-order valence-electron chi connectivity index (χ4n) is 0.367. The number of hydrogen-bond acceptors (Lipinski definition) is 0. The van der Waals surface area contributed by atoms with Crippen LogP contribution < -0.4 is 0 Å². The molecule has 0 spiro atoms. The zero-order valence-corrected chi connectivity index (χ0v) is 4.44. The van der Waals surface area contributed by atoms with Crippen molar-refractivity contribution in [2.24, 2.45) is 0 Å². The molecular weight excluding hydrogens is 114 g/mol. The van der Waals surface area contributed by atoms with Gasteiger partial charge in [-0.1, -0.05) is 23.7 Å². The van der Waals surface area contributed by atoms with Crippen LogP contribution in [0.2, 0.25) is 5.02 Å². The fourth-order valence-corrected chi connectivity index (χ4v) is 0.493. The average Bonchev–Trinajstić information content (AvgIpc) is 1.69. The number of halogens is 1. The van der Waals surface area contributed by atoms with E-state index in [4.69, 9.17) is 11.6 Å². The summed E-state index contributed by atoms with van der Waals surface area (Å²) in [7, 11) is 0. The minimum atomic E-state index is 0. The Morgan fingerprint density at radius 1 is 1.25 bits per heavy atom. The molecule has 0 aliphatic heterocycles. The average molecular weight is 119 g/mol. The van der Waals surface area contributed by atoms with Gasteiger partial charge in [-0.05, 0) is 18.2 Å². The molecule has 0 aromatic heterocycles. The molecule has 2 heteroatoms. The second-order valence-corrected chi connectivity index (χ2v) is 1.65. The molecule has 8 heavy (non-hydrogen) atoms. The molecule has 0 fully saturated rings. The van der Waals surface area contributed by atoms with Crippen LogP contribution in [0.4, 0.5) is 0 Å². The Kier molecular flexibility index (Phi) is 4.09. The third kappa shape index (κ3) is 2.42. The summed E-state index contributed by atoms with van der Waals surface area (Å²) in [4.78, 5) is 0. The second kappa shape index (κ2) is 4.03. The number of rotatable bonds is 0. The van der Waals surface area contributed by atoms with Crippen molar-refractivity contribution < 1.29 is 0 Å². The SMILES string of the molecule is Clc1cc[c]cc1.[LiH]. The molecule has 0 atom stereocenters. The van der Waals surface area contributed by atoms with Crippen molar-refractivity contribution in [3.63, 3.8) is 0 Å². The Morgan fingerprint density at radius 3 is 2.00 bits per heavy atom. The Balaban J connectivity index is 0.000000490. The van der Waals surface area contributed by atoms with Crippen LogP contribution >= 0.6 is 11.6 Å². The topological polar surface area (TPSA) is 0 Å². The van der Waals surface area contributed by atoms with Gasteiger partial charge in [-0.2, -0.15) is 0 Å². The molecule has 0 bridgehead atoms. The van der Waals surface area contributed by atoms with Gasteiger partial charge in [-0.15, -0.1) is 0 Å². The maximum atomic E-state index is 5.52. The molecule has 37 valence electrons. The number of benzene rings is 1. The van der Waals surface area contributed by atoms with E-state index in [0.717, 1.165) is 5.02 Å². The molecular formula is C6H5ClLi. The van der Waals surface area contributed by atoms with Crippen LogP contribution in [0.3, 0.4) is 0 Å². The van der Waals surface area contributed by atoms with E-state index in [2.05, 4.69) is 6.07 Å². The van der Waals surface area contributed by atoms with E-state index in [-0.39, 0.29) is 18.9 Å². The summed E-state index contributed by atoms with van der Waals surface area (Å²) in [6, 6.07) is 10.00. The summed E-state index contributed by atoms with van der Waals surface area (Å²) in [5.74, 6) is 0. The number of hydrogen-bond donors (Lipinski definition) is 0. The van der Waals surface area contributed by atoms with Crippen LogP contribution in [-0.4, -0.2) is 18.9 Å². The Hall–Kier alpha value is 0.107. The minimum absolute atomic E-state index is 0. The maximum absolute atomic E-state index is 5.52. The first-order valence-electron chi connectivity index (χ1n) is 2.01. The third-order valence-electron chi connectivity index (χ3n) is 0.678. The van der Waals surface area contributed by atoms with Crippen molar-refractivity contribution in [1.82, 2.24) is 0 Å². The van der Waals surface area contributed by atoms with Gasteiger partial charge in [0, 0.05) is 5.02 Å². The molecule has 1 rings (SSSR count). The van der Waals surface area contributed by atoms with Gasteiger partial charge in [-0.3, -0.25) is 0 Å². The van der Waals surface area contributed by atoms with Crippen LogP contribution in [0, 0.1) is 6.07 Å². The van der Waals surface area contributed by atoms with Gasteiger partial charge in [0.2, 0.25) is 0 Å². The third-order valence-corrected chi connectivity index (χ3v) is 0.930. The van der Waals surface area contributed by atoms with E-state index < -0.39 is 0 Å². The van der Waals surface area contributed by atoms with Crippen LogP contribution in [0.25, 0.3) is 0 Å². The Bertz CT molecular complexity index is 138. The summed E-state index contributed by atoms with van der Waals surface area (Å²) in [6.45, 7) is 0. The molecule has 0 saturated heterocycles. The normalized spacial score (nSPS) is 7.62. The van der Waals surface area contributed by atoms with Gasteiger partial charge < -0.3 is 0 Å². The summed E-state index contributed by atoms with van der Waals surface area (Å²) in [5, 5.41) is 0.763. The van der Waals surface area contributed by atoms with Gasteiger partial charge in [-0.25, -0.2) is 0 Å². The molecule has 0 unspecified atom stereocenters. The van der Waals surface area contributed by atoms with Crippen molar-refractivity contribution in [3.8, 4) is 0 Å². The second-order valence-electron chi connectivity index (χ2n) is 1.22. The predicted molar refractivity (Wildman–Crippen MR) is 37.4 cm³/mol. The molecule has 0 saturated carbocycles.